The van der Waals surface area contributed by atoms with Crippen molar-refractivity contribution in [3.8, 4) is 0 Å². The third-order valence-electron chi connectivity index (χ3n) is 13.2. The first-order chi connectivity index (χ1) is 31.0. The Morgan fingerprint density at radius 2 is 1.37 bits per heavy atom. The Morgan fingerprint density at radius 1 is 0.761 bits per heavy atom. The van der Waals surface area contributed by atoms with E-state index >= 15 is 0 Å². The highest BCUT2D eigenvalue weighted by atomic mass is 32.2. The molecule has 0 aromatic heterocycles. The van der Waals surface area contributed by atoms with E-state index in [0.717, 1.165) is 56.9 Å². The van der Waals surface area contributed by atoms with E-state index in [1.165, 1.54) is 30.3 Å². The topological polar surface area (TPSA) is 261 Å². The van der Waals surface area contributed by atoms with Crippen LogP contribution in [0.25, 0.3) is 5.57 Å². The fourth-order valence-electron chi connectivity index (χ4n) is 9.70. The summed E-state index contributed by atoms with van der Waals surface area (Å²) in [7, 11) is -17.4. The zero-order valence-corrected chi connectivity index (χ0v) is 41.3. The lowest BCUT2D eigenvalue weighted by atomic mass is 9.72. The van der Waals surface area contributed by atoms with E-state index in [-0.39, 0.29) is 29.7 Å². The van der Waals surface area contributed by atoms with Gasteiger partial charge in [0, 0.05) is 46.7 Å². The summed E-state index contributed by atoms with van der Waals surface area (Å²) in [4.78, 5) is 15.6. The van der Waals surface area contributed by atoms with Gasteiger partial charge in [-0.2, -0.15) is 33.7 Å². The van der Waals surface area contributed by atoms with Gasteiger partial charge in [-0.05, 0) is 140 Å². The molecule has 2 aliphatic carbocycles. The van der Waals surface area contributed by atoms with Crippen LogP contribution in [0.2, 0.25) is 0 Å². The molecular weight excluding hydrogens is 945 g/mol. The number of hydrogen-bond donors (Lipinski definition) is 5. The third-order valence-corrected chi connectivity index (χ3v) is 16.7. The number of carbonyl (C=O) groups is 1. The van der Waals surface area contributed by atoms with Crippen LogP contribution in [-0.4, -0.2) is 97.7 Å². The number of rotatable bonds is 17. The molecule has 0 amide bonds. The van der Waals surface area contributed by atoms with Crippen molar-refractivity contribution in [1.29, 1.82) is 0 Å². The number of benzene rings is 2. The van der Waals surface area contributed by atoms with Gasteiger partial charge >= 0.3 is 5.97 Å². The Morgan fingerprint density at radius 3 is 1.94 bits per heavy atom. The number of anilines is 1. The van der Waals surface area contributed by atoms with Crippen LogP contribution in [0, 0.1) is 5.41 Å². The first-order valence-corrected chi connectivity index (χ1v) is 28.0. The van der Waals surface area contributed by atoms with Crippen molar-refractivity contribution in [2.75, 3.05) is 29.5 Å². The molecule has 2 aliphatic heterocycles. The third kappa shape index (κ3) is 11.8. The van der Waals surface area contributed by atoms with Gasteiger partial charge in [-0.1, -0.05) is 64.1 Å². The van der Waals surface area contributed by atoms with Crippen LogP contribution in [-0.2, 0) is 45.9 Å². The van der Waals surface area contributed by atoms with Crippen LogP contribution >= 0.6 is 0 Å². The number of allylic oxidation sites excluding steroid dienone is 11. The van der Waals surface area contributed by atoms with Gasteiger partial charge in [0.25, 0.3) is 40.5 Å². The summed E-state index contributed by atoms with van der Waals surface area (Å²) in [6, 6.07) is 10.9. The zero-order chi connectivity index (χ0) is 49.5. The molecular formula is C47H58N2O14S4. The van der Waals surface area contributed by atoms with E-state index in [9.17, 15) is 61.8 Å². The highest BCUT2D eigenvalue weighted by molar-refractivity contribution is 7.86. The molecule has 16 nitrogen and oxygen atoms in total. The van der Waals surface area contributed by atoms with E-state index in [1.807, 2.05) is 68.7 Å². The second kappa shape index (κ2) is 19.4. The number of aromatic carboxylic acids is 1. The zero-order valence-electron chi connectivity index (χ0n) is 38.0. The van der Waals surface area contributed by atoms with Crippen LogP contribution in [0.1, 0.15) is 107 Å². The Labute approximate surface area is 393 Å². The molecule has 0 saturated carbocycles. The lowest BCUT2D eigenvalue weighted by Crippen LogP contribution is -2.36. The van der Waals surface area contributed by atoms with Gasteiger partial charge in [-0.25, -0.2) is 4.79 Å². The first kappa shape index (κ1) is 51.7. The smallest absolute Gasteiger partial charge is 0.335 e. The lowest BCUT2D eigenvalue weighted by Gasteiger charge is -2.42. The lowest BCUT2D eigenvalue weighted by molar-refractivity contribution is 0.0696. The molecule has 0 bridgehead atoms. The minimum absolute atomic E-state index is 0.0400. The molecule has 67 heavy (non-hydrogen) atoms. The van der Waals surface area contributed by atoms with E-state index < -0.39 is 74.0 Å². The molecule has 2 heterocycles. The van der Waals surface area contributed by atoms with Crippen molar-refractivity contribution in [2.24, 2.45) is 5.41 Å². The monoisotopic (exact) mass is 1000 g/mol. The molecule has 364 valence electrons. The molecule has 1 unspecified atom stereocenters. The molecule has 1 atom stereocenters. The first-order valence-electron chi connectivity index (χ1n) is 21.8. The van der Waals surface area contributed by atoms with Crippen molar-refractivity contribution in [3.63, 3.8) is 0 Å². The summed E-state index contributed by atoms with van der Waals surface area (Å²) in [6.07, 6.45) is 14.1. The maximum Gasteiger partial charge on any atom is 0.335 e. The van der Waals surface area contributed by atoms with E-state index in [0.29, 0.717) is 50.0 Å². The quantitative estimate of drug-likeness (QED) is 0.0739. The number of nitrogens with zero attached hydrogens (tertiary/aromatic N) is 2. The average Bonchev–Trinajstić information content (AvgIpc) is 3.43. The number of unbranched alkanes of at least 4 members (excludes halogenated alkanes) is 2. The maximum atomic E-state index is 12.4. The molecule has 6 rings (SSSR count). The number of hydrogen-bond acceptors (Lipinski definition) is 11. The fourth-order valence-corrected chi connectivity index (χ4v) is 12.0. The largest absolute Gasteiger partial charge is 0.478 e. The molecule has 4 aliphatic rings. The molecule has 0 saturated heterocycles. The van der Waals surface area contributed by atoms with E-state index in [4.69, 9.17) is 0 Å². The summed E-state index contributed by atoms with van der Waals surface area (Å²) >= 11 is 0. The molecule has 0 fully saturated rings. The van der Waals surface area contributed by atoms with Crippen molar-refractivity contribution in [1.82, 2.24) is 4.90 Å². The van der Waals surface area contributed by atoms with E-state index in [2.05, 4.69) is 0 Å². The Balaban J connectivity index is 1.48. The van der Waals surface area contributed by atoms with Crippen molar-refractivity contribution in [3.05, 3.63) is 135 Å². The maximum absolute atomic E-state index is 12.4. The number of carboxylic acid groups (broad SMARTS) is 1. The summed E-state index contributed by atoms with van der Waals surface area (Å²) < 4.78 is 134. The fraction of sp³-hybridized carbons (Fsp3) is 0.426. The second-order valence-electron chi connectivity index (χ2n) is 18.4. The highest BCUT2D eigenvalue weighted by Crippen LogP contribution is 2.52. The average molecular weight is 1000 g/mol. The van der Waals surface area contributed by atoms with Crippen molar-refractivity contribution in [2.45, 2.75) is 102 Å². The molecule has 2 aromatic rings. The summed E-state index contributed by atoms with van der Waals surface area (Å²) in [5.41, 5.74) is 7.16. The van der Waals surface area contributed by atoms with Gasteiger partial charge in [0.15, 0.2) is 0 Å². The van der Waals surface area contributed by atoms with E-state index in [1.54, 1.807) is 24.3 Å². The summed E-state index contributed by atoms with van der Waals surface area (Å²) in [6.45, 7) is 10.4. The minimum atomic E-state index is -4.58. The van der Waals surface area contributed by atoms with Crippen LogP contribution in [0.3, 0.4) is 0 Å². The Bertz CT molecular complexity index is 3010. The summed E-state index contributed by atoms with van der Waals surface area (Å²) in [5, 5.41) is 8.61. The molecule has 5 N–H and O–H groups in total. The van der Waals surface area contributed by atoms with Gasteiger partial charge in [0.05, 0.1) is 22.0 Å². The minimum Gasteiger partial charge on any atom is -0.478 e. The molecule has 2 aromatic carbocycles. The van der Waals surface area contributed by atoms with Crippen molar-refractivity contribution >= 4 is 57.7 Å². The predicted octanol–water partition coefficient (Wildman–Crippen LogP) is 8.16. The van der Waals surface area contributed by atoms with Crippen molar-refractivity contribution < 1.29 is 61.8 Å². The highest BCUT2D eigenvalue weighted by Gasteiger charge is 2.44. The normalized spacial score (nSPS) is 21.2. The second-order valence-corrected chi connectivity index (χ2v) is 24.6. The standard InChI is InChI=1S/C47H58N2O14S4/c1-31-38(46(2,3)39-29-36(66(58,59)60)19-22-41(39)48(31)25-6-8-27-64(52,53)54)21-17-32-11-10-12-33(44(32)34-13-15-35(16-14-34)45(50)51)18-24-43-47(4,5)40-30-37(67(61,62)63)20-23-42(40)49(43)26-7-9-28-65(55,56)57/h13-24,29,37H,6-12,25-28,30H2,1-5H3,(H,50,51)(H,52,53,54)(H,55,56,57)(H,58,59,60)(H,61,62,63)/b21-17+,33-18+,43-24+. The Hall–Kier alpha value is -4.67. The molecule has 20 heteroatoms. The SMILES string of the molecule is CC1=C(/C=C/C2=C(c3ccc(C(=O)O)cc3)C(=C/C=C3/N(CCCCS(=O)(=O)O)C4=C(CC(S(=O)(=O)O)C=C4)C3(C)C)/CCC2)C(C)(C)c2cc(S(=O)(=O)O)ccc2N1CCCCS(=O)(=O)O. The molecule has 0 spiro atoms. The Kier molecular flexibility index (Phi) is 15.0. The van der Waals surface area contributed by atoms with Crippen LogP contribution < -0.4 is 4.90 Å². The van der Waals surface area contributed by atoms with Crippen LogP contribution in [0.5, 0.6) is 0 Å². The van der Waals surface area contributed by atoms with Gasteiger partial charge in [-0.15, -0.1) is 0 Å². The summed E-state index contributed by atoms with van der Waals surface area (Å²) in [5.74, 6) is -1.94. The van der Waals surface area contributed by atoms with Gasteiger partial charge in [-0.3, -0.25) is 18.2 Å². The number of fused-ring (bicyclic) bond motifs is 1. The number of carboxylic acids is 1. The van der Waals surface area contributed by atoms with Crippen LogP contribution in [0.4, 0.5) is 5.69 Å². The van der Waals surface area contributed by atoms with Gasteiger partial charge < -0.3 is 14.9 Å². The van der Waals surface area contributed by atoms with Gasteiger partial charge in [0.1, 0.15) is 5.25 Å². The predicted molar refractivity (Wildman–Crippen MR) is 257 cm³/mol. The molecule has 0 radical (unpaired) electrons. The van der Waals surface area contributed by atoms with Crippen LogP contribution in [0.15, 0.2) is 123 Å². The van der Waals surface area contributed by atoms with Gasteiger partial charge in [0.2, 0.25) is 0 Å².